The van der Waals surface area contributed by atoms with E-state index < -0.39 is 0 Å². The molecule has 3 rings (SSSR count). The first kappa shape index (κ1) is 13.1. The van der Waals surface area contributed by atoms with Gasteiger partial charge < -0.3 is 10.2 Å². The van der Waals surface area contributed by atoms with E-state index in [2.05, 4.69) is 41.5 Å². The van der Waals surface area contributed by atoms with Crippen molar-refractivity contribution < 1.29 is 0 Å². The fraction of sp³-hybridized carbons (Fsp3) is 0.800. The van der Waals surface area contributed by atoms with E-state index in [1.54, 1.807) is 0 Å². The van der Waals surface area contributed by atoms with Gasteiger partial charge in [-0.15, -0.1) is 0 Å². The van der Waals surface area contributed by atoms with Crippen LogP contribution in [0.25, 0.3) is 0 Å². The van der Waals surface area contributed by atoms with Gasteiger partial charge in [-0.05, 0) is 51.3 Å². The van der Waals surface area contributed by atoms with E-state index in [0.717, 1.165) is 24.5 Å². The van der Waals surface area contributed by atoms with Crippen molar-refractivity contribution in [3.63, 3.8) is 0 Å². The Bertz CT molecular complexity index is 414. The molecule has 0 amide bonds. The van der Waals surface area contributed by atoms with Crippen LogP contribution >= 0.6 is 0 Å². The molecule has 3 heterocycles. The Morgan fingerprint density at radius 3 is 2.53 bits per heavy atom. The summed E-state index contributed by atoms with van der Waals surface area (Å²) in [5, 5.41) is 8.31. The second-order valence-corrected chi connectivity index (χ2v) is 6.23. The lowest BCUT2D eigenvalue weighted by molar-refractivity contribution is 0.112. The highest BCUT2D eigenvalue weighted by Gasteiger charge is 2.41. The van der Waals surface area contributed by atoms with Crippen LogP contribution in [-0.2, 0) is 7.05 Å². The van der Waals surface area contributed by atoms with Crippen molar-refractivity contribution in [2.75, 3.05) is 13.6 Å². The number of nitrogens with zero attached hydrogens (tertiary/aromatic N) is 3. The summed E-state index contributed by atoms with van der Waals surface area (Å²) in [5.41, 5.74) is 1.22. The number of aromatic nitrogens is 2. The Labute approximate surface area is 116 Å². The Morgan fingerprint density at radius 1 is 1.32 bits per heavy atom. The lowest BCUT2D eigenvalue weighted by Crippen LogP contribution is -2.43. The molecule has 2 fully saturated rings. The van der Waals surface area contributed by atoms with Gasteiger partial charge in [-0.2, -0.15) is 5.10 Å². The largest absolute Gasteiger partial charge is 0.309 e. The van der Waals surface area contributed by atoms with Crippen LogP contribution in [0.15, 0.2) is 12.3 Å². The molecule has 0 spiro atoms. The van der Waals surface area contributed by atoms with Gasteiger partial charge in [-0.3, -0.25) is 4.68 Å². The minimum Gasteiger partial charge on any atom is -0.309 e. The molecule has 4 heteroatoms. The molecular formula is C15H26N4. The van der Waals surface area contributed by atoms with E-state index in [-0.39, 0.29) is 0 Å². The molecule has 3 unspecified atom stereocenters. The minimum absolute atomic E-state index is 0.433. The highest BCUT2D eigenvalue weighted by Crippen LogP contribution is 2.42. The second kappa shape index (κ2) is 5.25. The van der Waals surface area contributed by atoms with Crippen molar-refractivity contribution in [2.24, 2.45) is 13.0 Å². The van der Waals surface area contributed by atoms with Crippen molar-refractivity contribution in [1.82, 2.24) is 20.0 Å². The molecule has 2 bridgehead atoms. The molecule has 0 saturated carbocycles. The van der Waals surface area contributed by atoms with Crippen molar-refractivity contribution in [3.8, 4) is 0 Å². The Morgan fingerprint density at radius 2 is 2.00 bits per heavy atom. The summed E-state index contributed by atoms with van der Waals surface area (Å²) in [4.78, 5) is 2.61. The van der Waals surface area contributed by atoms with Gasteiger partial charge in [0.1, 0.15) is 0 Å². The number of aryl methyl sites for hydroxylation is 1. The third-order valence-electron chi connectivity index (χ3n) is 5.08. The molecule has 106 valence electrons. The van der Waals surface area contributed by atoms with Crippen LogP contribution in [0.4, 0.5) is 0 Å². The number of nitrogens with one attached hydrogen (secondary N) is 1. The predicted molar refractivity (Wildman–Crippen MR) is 76.9 cm³/mol. The molecule has 19 heavy (non-hydrogen) atoms. The molecule has 1 N–H and O–H groups in total. The van der Waals surface area contributed by atoms with E-state index in [1.807, 2.05) is 11.7 Å². The van der Waals surface area contributed by atoms with E-state index in [9.17, 15) is 0 Å². The molecular weight excluding hydrogens is 236 g/mol. The van der Waals surface area contributed by atoms with Crippen molar-refractivity contribution in [2.45, 2.75) is 50.7 Å². The highest BCUT2D eigenvalue weighted by atomic mass is 15.3. The smallest absolute Gasteiger partial charge is 0.0796 e. The Kier molecular flexibility index (Phi) is 3.63. The average molecular weight is 262 g/mol. The zero-order valence-electron chi connectivity index (χ0n) is 12.3. The van der Waals surface area contributed by atoms with E-state index >= 15 is 0 Å². The maximum absolute atomic E-state index is 4.63. The normalized spacial score (nSPS) is 32.7. The standard InChI is InChI=1S/C15H26N4/c1-4-16-15(14-7-8-18(2)17-14)11-9-12-5-6-13(10-11)19(12)3/h7-8,11-13,15-16H,4-6,9-10H2,1-3H3. The zero-order chi connectivity index (χ0) is 13.4. The quantitative estimate of drug-likeness (QED) is 0.900. The lowest BCUT2D eigenvalue weighted by Gasteiger charge is -2.39. The summed E-state index contributed by atoms with van der Waals surface area (Å²) in [5.74, 6) is 0.739. The zero-order valence-corrected chi connectivity index (χ0v) is 12.3. The van der Waals surface area contributed by atoms with Gasteiger partial charge in [0, 0.05) is 25.3 Å². The summed E-state index contributed by atoms with van der Waals surface area (Å²) >= 11 is 0. The van der Waals surface area contributed by atoms with Gasteiger partial charge in [0.15, 0.2) is 0 Å². The van der Waals surface area contributed by atoms with Gasteiger partial charge in [0.25, 0.3) is 0 Å². The summed E-state index contributed by atoms with van der Waals surface area (Å²) in [6.07, 6.45) is 7.48. The van der Waals surface area contributed by atoms with Crippen LogP contribution in [0.2, 0.25) is 0 Å². The molecule has 1 aromatic rings. The van der Waals surface area contributed by atoms with E-state index in [1.165, 1.54) is 31.4 Å². The maximum Gasteiger partial charge on any atom is 0.0796 e. The van der Waals surface area contributed by atoms with Gasteiger partial charge in [-0.1, -0.05) is 6.92 Å². The van der Waals surface area contributed by atoms with E-state index in [4.69, 9.17) is 0 Å². The van der Waals surface area contributed by atoms with Crippen LogP contribution in [0.1, 0.15) is 44.3 Å². The first-order valence-corrected chi connectivity index (χ1v) is 7.64. The van der Waals surface area contributed by atoms with Crippen LogP contribution < -0.4 is 5.32 Å². The predicted octanol–water partition coefficient (Wildman–Crippen LogP) is 1.94. The van der Waals surface area contributed by atoms with Gasteiger partial charge in [-0.25, -0.2) is 0 Å². The summed E-state index contributed by atoms with van der Waals surface area (Å²) in [6, 6.07) is 4.21. The van der Waals surface area contributed by atoms with Crippen LogP contribution in [0.3, 0.4) is 0 Å². The van der Waals surface area contributed by atoms with Gasteiger partial charge in [0.05, 0.1) is 11.7 Å². The summed E-state index contributed by atoms with van der Waals surface area (Å²) in [7, 11) is 4.31. The minimum atomic E-state index is 0.433. The third kappa shape index (κ3) is 2.43. The number of piperidine rings is 1. The summed E-state index contributed by atoms with van der Waals surface area (Å²) < 4.78 is 1.92. The number of fused-ring (bicyclic) bond motifs is 2. The third-order valence-corrected chi connectivity index (χ3v) is 5.08. The molecule has 2 aliphatic heterocycles. The maximum atomic E-state index is 4.63. The Hall–Kier alpha value is -0.870. The van der Waals surface area contributed by atoms with Crippen LogP contribution in [0.5, 0.6) is 0 Å². The molecule has 3 atom stereocenters. The van der Waals surface area contributed by atoms with Gasteiger partial charge >= 0.3 is 0 Å². The number of hydrogen-bond donors (Lipinski definition) is 1. The Balaban J connectivity index is 1.78. The highest BCUT2D eigenvalue weighted by molar-refractivity contribution is 5.09. The van der Waals surface area contributed by atoms with Crippen LogP contribution in [0, 0.1) is 5.92 Å². The monoisotopic (exact) mass is 262 g/mol. The average Bonchev–Trinajstić information content (AvgIpc) is 2.87. The van der Waals surface area contributed by atoms with Crippen LogP contribution in [-0.4, -0.2) is 40.4 Å². The fourth-order valence-corrected chi connectivity index (χ4v) is 4.06. The van der Waals surface area contributed by atoms with E-state index in [0.29, 0.717) is 6.04 Å². The van der Waals surface area contributed by atoms with Gasteiger partial charge in [0.2, 0.25) is 0 Å². The first-order valence-electron chi connectivity index (χ1n) is 7.64. The topological polar surface area (TPSA) is 33.1 Å². The molecule has 0 radical (unpaired) electrons. The molecule has 0 aromatic carbocycles. The SMILES string of the molecule is CCNC(c1ccn(C)n1)C1CC2CCC(C1)N2C. The second-order valence-electron chi connectivity index (χ2n) is 6.23. The number of rotatable bonds is 4. The van der Waals surface area contributed by atoms with Crippen molar-refractivity contribution in [3.05, 3.63) is 18.0 Å². The molecule has 4 nitrogen and oxygen atoms in total. The lowest BCUT2D eigenvalue weighted by atomic mass is 9.83. The van der Waals surface area contributed by atoms with Crippen molar-refractivity contribution >= 4 is 0 Å². The molecule has 0 aliphatic carbocycles. The molecule has 2 saturated heterocycles. The number of hydrogen-bond acceptors (Lipinski definition) is 3. The summed E-state index contributed by atoms with van der Waals surface area (Å²) in [6.45, 7) is 3.21. The first-order chi connectivity index (χ1) is 9.19. The molecule has 1 aromatic heterocycles. The fourth-order valence-electron chi connectivity index (χ4n) is 4.06. The van der Waals surface area contributed by atoms with Crippen molar-refractivity contribution in [1.29, 1.82) is 0 Å². The molecule has 2 aliphatic rings.